The summed E-state index contributed by atoms with van der Waals surface area (Å²) >= 11 is 0. The molecule has 4 rings (SSSR count). The van der Waals surface area contributed by atoms with Crippen molar-refractivity contribution in [2.45, 2.75) is 6.54 Å². The number of imidazole rings is 1. The number of fused-ring (bicyclic) bond motifs is 1. The highest BCUT2D eigenvalue weighted by Crippen LogP contribution is 2.21. The molecule has 0 saturated carbocycles. The molecule has 1 aromatic carbocycles. The Hall–Kier alpha value is -3.95. The largest absolute Gasteiger partial charge is 0.460 e. The van der Waals surface area contributed by atoms with Crippen LogP contribution in [0.15, 0.2) is 52.4 Å². The number of aromatic amines is 1. The van der Waals surface area contributed by atoms with Gasteiger partial charge in [0.05, 0.1) is 24.8 Å². The number of rotatable bonds is 5. The van der Waals surface area contributed by atoms with Gasteiger partial charge in [-0.05, 0) is 0 Å². The molecule has 0 aliphatic carbocycles. The van der Waals surface area contributed by atoms with E-state index < -0.39 is 17.2 Å². The van der Waals surface area contributed by atoms with Crippen LogP contribution < -0.4 is 11.2 Å². The fraction of sp³-hybridized carbons (Fsp3) is 0.211. The molecule has 3 heterocycles. The van der Waals surface area contributed by atoms with Crippen LogP contribution in [-0.2, 0) is 25.4 Å². The second kappa shape index (κ2) is 7.23. The first kappa shape index (κ1) is 18.4. The molecule has 0 radical (unpaired) electrons. The molecule has 0 fully saturated rings. The van der Waals surface area contributed by atoms with Crippen LogP contribution in [0, 0.1) is 0 Å². The number of aryl methyl sites for hydroxylation is 1. The Morgan fingerprint density at radius 1 is 1.14 bits per heavy atom. The van der Waals surface area contributed by atoms with Crippen molar-refractivity contribution >= 4 is 17.1 Å². The summed E-state index contributed by atoms with van der Waals surface area (Å²) in [6, 6.07) is 9.34. The third kappa shape index (κ3) is 3.14. The van der Waals surface area contributed by atoms with Crippen LogP contribution in [0.4, 0.5) is 0 Å². The topological polar surface area (TPSA) is 117 Å². The Morgan fingerprint density at radius 3 is 2.66 bits per heavy atom. The first-order valence-electron chi connectivity index (χ1n) is 8.86. The molecule has 3 aromatic heterocycles. The Labute approximate surface area is 164 Å². The van der Waals surface area contributed by atoms with E-state index in [9.17, 15) is 14.4 Å². The van der Waals surface area contributed by atoms with E-state index in [0.717, 1.165) is 10.1 Å². The van der Waals surface area contributed by atoms with Gasteiger partial charge < -0.3 is 9.30 Å². The smallest absolute Gasteiger partial charge is 0.342 e. The van der Waals surface area contributed by atoms with Gasteiger partial charge in [-0.1, -0.05) is 30.3 Å². The molecule has 0 unspecified atom stereocenters. The van der Waals surface area contributed by atoms with Gasteiger partial charge >= 0.3 is 11.7 Å². The summed E-state index contributed by atoms with van der Waals surface area (Å²) in [5.74, 6) is -0.526. The summed E-state index contributed by atoms with van der Waals surface area (Å²) in [6.45, 7) is 0.240. The zero-order valence-corrected chi connectivity index (χ0v) is 15.8. The van der Waals surface area contributed by atoms with Crippen LogP contribution in [-0.4, -0.2) is 41.5 Å². The zero-order valence-electron chi connectivity index (χ0n) is 15.8. The van der Waals surface area contributed by atoms with Crippen molar-refractivity contribution in [3.8, 4) is 11.3 Å². The van der Waals surface area contributed by atoms with Gasteiger partial charge in [0.15, 0.2) is 11.2 Å². The van der Waals surface area contributed by atoms with Crippen molar-refractivity contribution in [3.63, 3.8) is 0 Å². The number of H-pyrrole nitrogens is 1. The average molecular weight is 394 g/mol. The molecule has 0 spiro atoms. The predicted molar refractivity (Wildman–Crippen MR) is 105 cm³/mol. The number of benzene rings is 1. The highest BCUT2D eigenvalue weighted by Gasteiger charge is 2.18. The number of carbonyl (C=O) groups excluding carboxylic acids is 1. The fourth-order valence-corrected chi connectivity index (χ4v) is 3.15. The van der Waals surface area contributed by atoms with Crippen LogP contribution in [0.1, 0.15) is 10.4 Å². The Bertz CT molecular complexity index is 1310. The number of hydrogen-bond acceptors (Lipinski definition) is 6. The lowest BCUT2D eigenvalue weighted by molar-refractivity contribution is 0.0493. The highest BCUT2D eigenvalue weighted by molar-refractivity contribution is 5.95. The summed E-state index contributed by atoms with van der Waals surface area (Å²) in [4.78, 5) is 41.1. The zero-order chi connectivity index (χ0) is 20.5. The Balaban J connectivity index is 1.52. The quantitative estimate of drug-likeness (QED) is 0.498. The van der Waals surface area contributed by atoms with Crippen molar-refractivity contribution in [2.24, 2.45) is 14.1 Å². The van der Waals surface area contributed by atoms with Gasteiger partial charge in [-0.2, -0.15) is 5.10 Å². The number of aromatic nitrogens is 6. The fourth-order valence-electron chi connectivity index (χ4n) is 3.15. The van der Waals surface area contributed by atoms with Crippen molar-refractivity contribution in [1.29, 1.82) is 0 Å². The maximum Gasteiger partial charge on any atom is 0.342 e. The normalized spacial score (nSPS) is 11.1. The minimum absolute atomic E-state index is 0.0235. The van der Waals surface area contributed by atoms with Gasteiger partial charge in [0.1, 0.15) is 12.2 Å². The molecule has 0 saturated heterocycles. The van der Waals surface area contributed by atoms with Gasteiger partial charge in [-0.3, -0.25) is 19.0 Å². The number of nitrogens with one attached hydrogen (secondary N) is 1. The van der Waals surface area contributed by atoms with E-state index in [2.05, 4.69) is 15.2 Å². The molecular weight excluding hydrogens is 376 g/mol. The molecule has 29 heavy (non-hydrogen) atoms. The van der Waals surface area contributed by atoms with Crippen LogP contribution in [0.5, 0.6) is 0 Å². The number of esters is 1. The van der Waals surface area contributed by atoms with E-state index in [1.54, 1.807) is 11.6 Å². The molecule has 0 bridgehead atoms. The summed E-state index contributed by atoms with van der Waals surface area (Å²) in [6.07, 6.45) is 2.87. The molecule has 4 aromatic rings. The minimum Gasteiger partial charge on any atom is -0.460 e. The molecule has 0 aliphatic rings. The Morgan fingerprint density at radius 2 is 1.90 bits per heavy atom. The van der Waals surface area contributed by atoms with Gasteiger partial charge in [0, 0.05) is 19.7 Å². The van der Waals surface area contributed by atoms with Crippen molar-refractivity contribution < 1.29 is 9.53 Å². The molecule has 1 N–H and O–H groups in total. The van der Waals surface area contributed by atoms with E-state index >= 15 is 0 Å². The first-order chi connectivity index (χ1) is 14.0. The van der Waals surface area contributed by atoms with Crippen LogP contribution >= 0.6 is 0 Å². The standard InChI is InChI=1S/C19H18N6O4/c1-23-16-15(17(26)24(2)19(23)28)25(11-20-16)8-9-29-18(27)13-10-21-22-14(13)12-6-4-3-5-7-12/h3-7,10-11H,8-9H2,1-2H3,(H,21,22). The monoisotopic (exact) mass is 394 g/mol. The second-order valence-corrected chi connectivity index (χ2v) is 6.48. The molecule has 148 valence electrons. The lowest BCUT2D eigenvalue weighted by Gasteiger charge is -2.08. The first-order valence-corrected chi connectivity index (χ1v) is 8.86. The highest BCUT2D eigenvalue weighted by atomic mass is 16.5. The third-order valence-corrected chi connectivity index (χ3v) is 4.70. The molecular formula is C19H18N6O4. The molecule has 0 amide bonds. The Kier molecular flexibility index (Phi) is 4.59. The number of hydrogen-bond donors (Lipinski definition) is 1. The van der Waals surface area contributed by atoms with E-state index in [0.29, 0.717) is 11.3 Å². The van der Waals surface area contributed by atoms with E-state index in [1.165, 1.54) is 24.1 Å². The SMILES string of the molecule is Cn1c(=O)c2c(ncn2CCOC(=O)c2cn[nH]c2-c2ccccc2)n(C)c1=O. The average Bonchev–Trinajstić information content (AvgIpc) is 3.39. The van der Waals surface area contributed by atoms with Crippen LogP contribution in [0.3, 0.4) is 0 Å². The number of carbonyl (C=O) groups is 1. The predicted octanol–water partition coefficient (Wildman–Crippen LogP) is 0.681. The number of ether oxygens (including phenoxy) is 1. The second-order valence-electron chi connectivity index (χ2n) is 6.48. The molecule has 10 heteroatoms. The van der Waals surface area contributed by atoms with E-state index in [1.807, 2.05) is 30.3 Å². The maximum absolute atomic E-state index is 12.5. The molecule has 0 atom stereocenters. The van der Waals surface area contributed by atoms with Crippen molar-refractivity contribution in [1.82, 2.24) is 28.9 Å². The van der Waals surface area contributed by atoms with Crippen molar-refractivity contribution in [2.75, 3.05) is 6.61 Å². The summed E-state index contributed by atoms with van der Waals surface area (Å²) < 4.78 is 9.26. The maximum atomic E-state index is 12.5. The summed E-state index contributed by atoms with van der Waals surface area (Å²) in [5.41, 5.74) is 1.38. The minimum atomic E-state index is -0.526. The van der Waals surface area contributed by atoms with Gasteiger partial charge in [-0.15, -0.1) is 0 Å². The summed E-state index contributed by atoms with van der Waals surface area (Å²) in [7, 11) is 2.96. The van der Waals surface area contributed by atoms with Crippen molar-refractivity contribution in [3.05, 3.63) is 69.3 Å². The molecule has 0 aliphatic heterocycles. The molecule has 10 nitrogen and oxygen atoms in total. The number of nitrogens with zero attached hydrogens (tertiary/aromatic N) is 5. The lowest BCUT2D eigenvalue weighted by Crippen LogP contribution is -2.37. The van der Waals surface area contributed by atoms with Crippen LogP contribution in [0.25, 0.3) is 22.4 Å². The summed E-state index contributed by atoms with van der Waals surface area (Å²) in [5, 5.41) is 6.75. The van der Waals surface area contributed by atoms with Gasteiger partial charge in [0.25, 0.3) is 5.56 Å². The third-order valence-electron chi connectivity index (χ3n) is 4.70. The van der Waals surface area contributed by atoms with E-state index in [-0.39, 0.29) is 24.3 Å². The van der Waals surface area contributed by atoms with E-state index in [4.69, 9.17) is 4.74 Å². The lowest BCUT2D eigenvalue weighted by atomic mass is 10.1. The van der Waals surface area contributed by atoms with Gasteiger partial charge in [-0.25, -0.2) is 14.6 Å². The van der Waals surface area contributed by atoms with Crippen LogP contribution in [0.2, 0.25) is 0 Å². The van der Waals surface area contributed by atoms with Gasteiger partial charge in [0.2, 0.25) is 0 Å².